The number of aliphatic hydroxyl groups excluding tert-OH is 2. The van der Waals surface area contributed by atoms with Crippen molar-refractivity contribution in [2.75, 3.05) is 6.61 Å². The van der Waals surface area contributed by atoms with Crippen LogP contribution >= 0.6 is 0 Å². The summed E-state index contributed by atoms with van der Waals surface area (Å²) in [6.45, 7) is 6.33. The first-order chi connectivity index (χ1) is 27.0. The number of carbonyl (C=O) groups is 2. The summed E-state index contributed by atoms with van der Waals surface area (Å²) in [5, 5.41) is 23.6. The molecule has 0 rings (SSSR count). The number of rotatable bonds is 41. The van der Waals surface area contributed by atoms with Crippen LogP contribution in [0.3, 0.4) is 0 Å². The third kappa shape index (κ3) is 38.5. The Hall–Kier alpha value is -2.18. The summed E-state index contributed by atoms with van der Waals surface area (Å²) in [7, 11) is 0. The second-order valence-electron chi connectivity index (χ2n) is 15.8. The molecule has 3 atom stereocenters. The van der Waals surface area contributed by atoms with Gasteiger partial charge in [-0.15, -0.1) is 0 Å². The number of hydrogen-bond donors (Lipinski definition) is 3. The second-order valence-corrected chi connectivity index (χ2v) is 15.8. The lowest BCUT2D eigenvalue weighted by Crippen LogP contribution is -2.46. The molecule has 0 aliphatic carbocycles. The van der Waals surface area contributed by atoms with Crippen LogP contribution in [0.1, 0.15) is 226 Å². The highest BCUT2D eigenvalue weighted by molar-refractivity contribution is 5.77. The summed E-state index contributed by atoms with van der Waals surface area (Å²) in [6.07, 6.45) is 50.3. The first kappa shape index (κ1) is 52.8. The van der Waals surface area contributed by atoms with Gasteiger partial charge in [0.2, 0.25) is 5.91 Å². The molecule has 0 heterocycles. The van der Waals surface area contributed by atoms with Crippen LogP contribution in [0.4, 0.5) is 0 Å². The fraction of sp³-hybridized carbons (Fsp3) is 0.796. The van der Waals surface area contributed by atoms with E-state index in [0.29, 0.717) is 19.3 Å². The SMILES string of the molecule is CC/C=C/C/C=C/C/C=C/C/C=C/CCCC(CC(=O)NC(CO)C(O)CCCCCCCCCCCCC)OC(=O)CCCCCCCCCCCCC. The standard InChI is InChI=1S/C49H89NO5/c1-4-7-10-13-16-19-22-23-24-27-28-31-34-37-40-45(55-49(54)42-39-36-33-30-26-21-18-15-12-9-6-3)43-48(53)50-46(44-51)47(52)41-38-35-32-29-25-20-17-14-11-8-5-2/h7,10,16,19,23-24,28,31,45-47,51-52H,4-6,8-9,11-15,17-18,20-22,25-27,29-30,32-44H2,1-3H3,(H,50,53)/b10-7+,19-16+,24-23+,31-28+. The molecule has 0 aromatic heterocycles. The number of aliphatic hydroxyl groups is 2. The van der Waals surface area contributed by atoms with Gasteiger partial charge in [0.1, 0.15) is 6.10 Å². The lowest BCUT2D eigenvalue weighted by Gasteiger charge is -2.24. The fourth-order valence-corrected chi connectivity index (χ4v) is 6.90. The Morgan fingerprint density at radius 3 is 1.45 bits per heavy atom. The van der Waals surface area contributed by atoms with Gasteiger partial charge in [-0.2, -0.15) is 0 Å². The topological polar surface area (TPSA) is 95.9 Å². The Balaban J connectivity index is 4.69. The predicted octanol–water partition coefficient (Wildman–Crippen LogP) is 13.5. The predicted molar refractivity (Wildman–Crippen MR) is 236 cm³/mol. The second kappa shape index (κ2) is 43.0. The van der Waals surface area contributed by atoms with Gasteiger partial charge < -0.3 is 20.3 Å². The molecule has 0 fully saturated rings. The first-order valence-electron chi connectivity index (χ1n) is 23.4. The van der Waals surface area contributed by atoms with E-state index in [-0.39, 0.29) is 24.9 Å². The number of amides is 1. The molecule has 55 heavy (non-hydrogen) atoms. The summed E-state index contributed by atoms with van der Waals surface area (Å²) >= 11 is 0. The molecule has 6 nitrogen and oxygen atoms in total. The van der Waals surface area contributed by atoms with Crippen LogP contribution in [-0.4, -0.2) is 46.9 Å². The van der Waals surface area contributed by atoms with Gasteiger partial charge in [-0.1, -0.05) is 204 Å². The minimum absolute atomic E-state index is 0.0415. The molecule has 0 aromatic carbocycles. The molecule has 6 heteroatoms. The van der Waals surface area contributed by atoms with E-state index in [0.717, 1.165) is 77.0 Å². The third-order valence-corrected chi connectivity index (χ3v) is 10.4. The van der Waals surface area contributed by atoms with Crippen molar-refractivity contribution >= 4 is 11.9 Å². The van der Waals surface area contributed by atoms with Crippen molar-refractivity contribution in [3.8, 4) is 0 Å². The maximum atomic E-state index is 13.1. The minimum atomic E-state index is -0.798. The number of allylic oxidation sites excluding steroid dienone is 8. The van der Waals surface area contributed by atoms with E-state index in [1.807, 2.05) is 0 Å². The van der Waals surface area contributed by atoms with Gasteiger partial charge in [-0.25, -0.2) is 0 Å². The van der Waals surface area contributed by atoms with Crippen LogP contribution in [0.5, 0.6) is 0 Å². The van der Waals surface area contributed by atoms with Crippen molar-refractivity contribution < 1.29 is 24.5 Å². The quantitative estimate of drug-likeness (QED) is 0.0327. The molecule has 3 N–H and O–H groups in total. The van der Waals surface area contributed by atoms with Gasteiger partial charge in [0, 0.05) is 6.42 Å². The maximum Gasteiger partial charge on any atom is 0.306 e. The van der Waals surface area contributed by atoms with E-state index in [1.54, 1.807) is 0 Å². The Bertz CT molecular complexity index is 957. The van der Waals surface area contributed by atoms with Gasteiger partial charge in [0.05, 0.1) is 25.2 Å². The van der Waals surface area contributed by atoms with Crippen molar-refractivity contribution in [2.45, 2.75) is 244 Å². The smallest absolute Gasteiger partial charge is 0.306 e. The molecule has 320 valence electrons. The van der Waals surface area contributed by atoms with Crippen molar-refractivity contribution in [1.82, 2.24) is 5.32 Å². The molecule has 0 aromatic rings. The van der Waals surface area contributed by atoms with Crippen molar-refractivity contribution in [3.05, 3.63) is 48.6 Å². The highest BCUT2D eigenvalue weighted by Crippen LogP contribution is 2.17. The summed E-state index contributed by atoms with van der Waals surface area (Å²) in [5.41, 5.74) is 0. The number of hydrogen-bond acceptors (Lipinski definition) is 5. The highest BCUT2D eigenvalue weighted by Gasteiger charge is 2.24. The molecule has 3 unspecified atom stereocenters. The molecule has 0 radical (unpaired) electrons. The molecule has 0 saturated heterocycles. The first-order valence-corrected chi connectivity index (χ1v) is 23.4. The van der Waals surface area contributed by atoms with Crippen molar-refractivity contribution in [3.63, 3.8) is 0 Å². The normalized spacial score (nSPS) is 13.8. The molecule has 1 amide bonds. The molecular formula is C49H89NO5. The monoisotopic (exact) mass is 772 g/mol. The summed E-state index contributed by atoms with van der Waals surface area (Å²) in [5.74, 6) is -0.527. The van der Waals surface area contributed by atoms with Crippen LogP contribution in [0.15, 0.2) is 48.6 Å². The lowest BCUT2D eigenvalue weighted by molar-refractivity contribution is -0.151. The Morgan fingerprint density at radius 1 is 0.545 bits per heavy atom. The number of carbonyl (C=O) groups excluding carboxylic acids is 2. The van der Waals surface area contributed by atoms with Crippen LogP contribution in [-0.2, 0) is 14.3 Å². The Kier molecular flexibility index (Phi) is 41.2. The summed E-state index contributed by atoms with van der Waals surface area (Å²) < 4.78 is 5.88. The van der Waals surface area contributed by atoms with E-state index in [2.05, 4.69) is 74.7 Å². The third-order valence-electron chi connectivity index (χ3n) is 10.4. The zero-order chi connectivity index (χ0) is 40.3. The number of esters is 1. The number of unbranched alkanes of at least 4 members (excludes halogenated alkanes) is 21. The van der Waals surface area contributed by atoms with Crippen LogP contribution in [0, 0.1) is 0 Å². The van der Waals surface area contributed by atoms with Crippen LogP contribution in [0.25, 0.3) is 0 Å². The maximum absolute atomic E-state index is 13.1. The van der Waals surface area contributed by atoms with Crippen LogP contribution in [0.2, 0.25) is 0 Å². The Morgan fingerprint density at radius 2 is 0.982 bits per heavy atom. The van der Waals surface area contributed by atoms with E-state index in [9.17, 15) is 19.8 Å². The minimum Gasteiger partial charge on any atom is -0.462 e. The molecular weight excluding hydrogens is 683 g/mol. The Labute approximate surface area is 340 Å². The van der Waals surface area contributed by atoms with E-state index in [4.69, 9.17) is 4.74 Å². The summed E-state index contributed by atoms with van der Waals surface area (Å²) in [6, 6.07) is -0.715. The van der Waals surface area contributed by atoms with Gasteiger partial charge in [-0.3, -0.25) is 9.59 Å². The summed E-state index contributed by atoms with van der Waals surface area (Å²) in [4.78, 5) is 26.0. The largest absolute Gasteiger partial charge is 0.462 e. The van der Waals surface area contributed by atoms with E-state index < -0.39 is 18.2 Å². The fourth-order valence-electron chi connectivity index (χ4n) is 6.90. The van der Waals surface area contributed by atoms with Crippen molar-refractivity contribution in [1.29, 1.82) is 0 Å². The lowest BCUT2D eigenvalue weighted by atomic mass is 10.0. The average molecular weight is 772 g/mol. The van der Waals surface area contributed by atoms with Gasteiger partial charge >= 0.3 is 5.97 Å². The number of nitrogens with one attached hydrogen (secondary N) is 1. The van der Waals surface area contributed by atoms with Gasteiger partial charge in [0.25, 0.3) is 0 Å². The van der Waals surface area contributed by atoms with Gasteiger partial charge in [-0.05, 0) is 57.8 Å². The zero-order valence-electron chi connectivity index (χ0n) is 36.3. The highest BCUT2D eigenvalue weighted by atomic mass is 16.5. The number of ether oxygens (including phenoxy) is 1. The average Bonchev–Trinajstić information content (AvgIpc) is 3.18. The molecule has 0 saturated carbocycles. The van der Waals surface area contributed by atoms with E-state index in [1.165, 1.54) is 103 Å². The van der Waals surface area contributed by atoms with Gasteiger partial charge in [0.15, 0.2) is 0 Å². The van der Waals surface area contributed by atoms with E-state index >= 15 is 0 Å². The van der Waals surface area contributed by atoms with Crippen LogP contribution < -0.4 is 5.32 Å². The van der Waals surface area contributed by atoms with Crippen molar-refractivity contribution in [2.24, 2.45) is 0 Å². The molecule has 0 bridgehead atoms. The molecule has 0 spiro atoms. The molecule has 0 aliphatic rings. The zero-order valence-corrected chi connectivity index (χ0v) is 36.3. The molecule has 0 aliphatic heterocycles.